The van der Waals surface area contributed by atoms with Crippen LogP contribution in [0.5, 0.6) is 0 Å². The Hall–Kier alpha value is -1.47. The molecular weight excluding hydrogens is 260 g/mol. The molecule has 7 nitrogen and oxygen atoms in total. The number of likely N-dealkylation sites (N-methyl/N-ethyl adjacent to an activating group) is 1. The van der Waals surface area contributed by atoms with Crippen LogP contribution < -0.4 is 0 Å². The lowest BCUT2D eigenvalue weighted by Crippen LogP contribution is -2.44. The maximum Gasteiger partial charge on any atom is 0.291 e. The lowest BCUT2D eigenvalue weighted by Gasteiger charge is -2.25. The van der Waals surface area contributed by atoms with E-state index in [2.05, 4.69) is 10.2 Å². The SMILES string of the molecule is CN(C(=O)c1nnc2n1CCCCC2)[C@@H]1COC[C@H]1O. The highest BCUT2D eigenvalue weighted by molar-refractivity contribution is 5.90. The zero-order chi connectivity index (χ0) is 14.1. The quantitative estimate of drug-likeness (QED) is 0.814. The zero-order valence-electron chi connectivity index (χ0n) is 11.7. The number of aliphatic hydroxyl groups is 1. The van der Waals surface area contributed by atoms with Crippen LogP contribution in [0, 0.1) is 0 Å². The Morgan fingerprint density at radius 3 is 2.95 bits per heavy atom. The first-order valence-corrected chi connectivity index (χ1v) is 7.13. The number of carbonyl (C=O) groups excluding carboxylic acids is 1. The predicted octanol–water partition coefficient (Wildman–Crippen LogP) is -0.164. The van der Waals surface area contributed by atoms with E-state index < -0.39 is 6.10 Å². The van der Waals surface area contributed by atoms with Gasteiger partial charge in [-0.05, 0) is 12.8 Å². The fourth-order valence-electron chi connectivity index (χ4n) is 2.85. The summed E-state index contributed by atoms with van der Waals surface area (Å²) >= 11 is 0. The molecule has 2 aliphatic rings. The van der Waals surface area contributed by atoms with Crippen LogP contribution in [-0.2, 0) is 17.7 Å². The molecule has 3 heterocycles. The van der Waals surface area contributed by atoms with Gasteiger partial charge in [0, 0.05) is 20.0 Å². The number of hydrogen-bond acceptors (Lipinski definition) is 5. The van der Waals surface area contributed by atoms with E-state index in [1.165, 1.54) is 4.90 Å². The van der Waals surface area contributed by atoms with Gasteiger partial charge in [0.2, 0.25) is 5.82 Å². The van der Waals surface area contributed by atoms with E-state index >= 15 is 0 Å². The highest BCUT2D eigenvalue weighted by Gasteiger charge is 2.34. The third kappa shape index (κ3) is 2.31. The first-order valence-electron chi connectivity index (χ1n) is 7.13. The van der Waals surface area contributed by atoms with Gasteiger partial charge in [-0.2, -0.15) is 0 Å². The average Bonchev–Trinajstić information content (AvgIpc) is 2.97. The molecule has 0 radical (unpaired) electrons. The number of hydrogen-bond donors (Lipinski definition) is 1. The van der Waals surface area contributed by atoms with E-state index in [1.54, 1.807) is 7.05 Å². The minimum atomic E-state index is -0.629. The highest BCUT2D eigenvalue weighted by Crippen LogP contribution is 2.18. The average molecular weight is 280 g/mol. The molecule has 1 fully saturated rings. The molecule has 0 unspecified atom stereocenters. The molecule has 7 heteroatoms. The summed E-state index contributed by atoms with van der Waals surface area (Å²) in [5.74, 6) is 1.08. The third-order valence-electron chi connectivity index (χ3n) is 4.14. The van der Waals surface area contributed by atoms with Crippen LogP contribution in [-0.4, -0.2) is 63.1 Å². The Morgan fingerprint density at radius 1 is 1.35 bits per heavy atom. The second kappa shape index (κ2) is 5.49. The first kappa shape index (κ1) is 13.5. The van der Waals surface area contributed by atoms with Crippen LogP contribution in [0.1, 0.15) is 35.7 Å². The van der Waals surface area contributed by atoms with Gasteiger partial charge in [-0.25, -0.2) is 0 Å². The van der Waals surface area contributed by atoms with Crippen molar-refractivity contribution in [3.05, 3.63) is 11.6 Å². The van der Waals surface area contributed by atoms with Crippen molar-refractivity contribution >= 4 is 5.91 Å². The molecule has 1 aromatic heterocycles. The molecular formula is C13H20N4O3. The van der Waals surface area contributed by atoms with Crippen molar-refractivity contribution in [3.63, 3.8) is 0 Å². The number of amides is 1. The minimum absolute atomic E-state index is 0.194. The molecule has 110 valence electrons. The first-order chi connectivity index (χ1) is 9.68. The molecule has 3 rings (SSSR count). The number of fused-ring (bicyclic) bond motifs is 1. The molecule has 2 aliphatic heterocycles. The molecule has 0 saturated carbocycles. The van der Waals surface area contributed by atoms with Crippen LogP contribution >= 0.6 is 0 Å². The zero-order valence-corrected chi connectivity index (χ0v) is 11.7. The maximum absolute atomic E-state index is 12.6. The van der Waals surface area contributed by atoms with E-state index in [0.29, 0.717) is 12.4 Å². The summed E-state index contributed by atoms with van der Waals surface area (Å²) < 4.78 is 7.13. The number of aryl methyl sites for hydroxylation is 1. The molecule has 2 atom stereocenters. The third-order valence-corrected chi connectivity index (χ3v) is 4.14. The van der Waals surface area contributed by atoms with Crippen molar-refractivity contribution in [2.45, 2.75) is 44.4 Å². The largest absolute Gasteiger partial charge is 0.388 e. The van der Waals surface area contributed by atoms with Gasteiger partial charge < -0.3 is 19.3 Å². The van der Waals surface area contributed by atoms with Gasteiger partial charge in [-0.3, -0.25) is 4.79 Å². The number of rotatable bonds is 2. The molecule has 1 N–H and O–H groups in total. The molecule has 1 amide bonds. The summed E-state index contributed by atoms with van der Waals surface area (Å²) in [7, 11) is 1.68. The van der Waals surface area contributed by atoms with Gasteiger partial charge in [-0.1, -0.05) is 6.42 Å². The molecule has 0 aromatic carbocycles. The second-order valence-corrected chi connectivity index (χ2v) is 5.49. The van der Waals surface area contributed by atoms with Crippen LogP contribution in [0.4, 0.5) is 0 Å². The number of ether oxygens (including phenoxy) is 1. The number of nitrogens with zero attached hydrogens (tertiary/aromatic N) is 4. The van der Waals surface area contributed by atoms with Gasteiger partial charge in [0.05, 0.1) is 25.4 Å². The Labute approximate surface area is 117 Å². The van der Waals surface area contributed by atoms with Crippen molar-refractivity contribution in [1.29, 1.82) is 0 Å². The number of carbonyl (C=O) groups is 1. The summed E-state index contributed by atoms with van der Waals surface area (Å²) in [6.07, 6.45) is 3.54. The summed E-state index contributed by atoms with van der Waals surface area (Å²) in [5.41, 5.74) is 0. The number of aromatic nitrogens is 3. The lowest BCUT2D eigenvalue weighted by atomic mass is 10.2. The summed E-state index contributed by atoms with van der Waals surface area (Å²) in [5, 5.41) is 18.0. The van der Waals surface area contributed by atoms with E-state index in [4.69, 9.17) is 4.74 Å². The smallest absolute Gasteiger partial charge is 0.291 e. The van der Waals surface area contributed by atoms with E-state index in [9.17, 15) is 9.90 Å². The number of aliphatic hydroxyl groups excluding tert-OH is 1. The monoisotopic (exact) mass is 280 g/mol. The van der Waals surface area contributed by atoms with Crippen molar-refractivity contribution in [2.75, 3.05) is 20.3 Å². The molecule has 1 saturated heterocycles. The van der Waals surface area contributed by atoms with Gasteiger partial charge in [0.1, 0.15) is 5.82 Å². The Bertz CT molecular complexity index is 502. The summed E-state index contributed by atoms with van der Waals surface area (Å²) in [6, 6.07) is -0.304. The predicted molar refractivity (Wildman–Crippen MR) is 70.3 cm³/mol. The van der Waals surface area contributed by atoms with E-state index in [0.717, 1.165) is 38.1 Å². The van der Waals surface area contributed by atoms with Crippen molar-refractivity contribution in [2.24, 2.45) is 0 Å². The fourth-order valence-corrected chi connectivity index (χ4v) is 2.85. The standard InChI is InChI=1S/C13H20N4O3/c1-16(9-7-20-8-10(9)18)13(19)12-15-14-11-5-3-2-4-6-17(11)12/h9-10,18H,2-8H2,1H3/t9-,10-/m1/s1. The minimum Gasteiger partial charge on any atom is -0.388 e. The van der Waals surface area contributed by atoms with E-state index in [-0.39, 0.29) is 18.6 Å². The van der Waals surface area contributed by atoms with E-state index in [1.807, 2.05) is 4.57 Å². The highest BCUT2D eigenvalue weighted by atomic mass is 16.5. The lowest BCUT2D eigenvalue weighted by molar-refractivity contribution is 0.0565. The molecule has 0 bridgehead atoms. The fraction of sp³-hybridized carbons (Fsp3) is 0.769. The molecule has 20 heavy (non-hydrogen) atoms. The Morgan fingerprint density at radius 2 is 2.20 bits per heavy atom. The van der Waals surface area contributed by atoms with Gasteiger partial charge >= 0.3 is 0 Å². The normalized spacial score (nSPS) is 26.1. The Balaban J connectivity index is 1.82. The van der Waals surface area contributed by atoms with Crippen molar-refractivity contribution in [3.8, 4) is 0 Å². The molecule has 0 spiro atoms. The van der Waals surface area contributed by atoms with Crippen LogP contribution in [0.25, 0.3) is 0 Å². The molecule has 0 aliphatic carbocycles. The van der Waals surface area contributed by atoms with Crippen LogP contribution in [0.2, 0.25) is 0 Å². The Kier molecular flexibility index (Phi) is 3.71. The van der Waals surface area contributed by atoms with Gasteiger partial charge in [-0.15, -0.1) is 10.2 Å². The topological polar surface area (TPSA) is 80.5 Å². The van der Waals surface area contributed by atoms with Gasteiger partial charge in [0.15, 0.2) is 0 Å². The summed E-state index contributed by atoms with van der Waals surface area (Å²) in [4.78, 5) is 14.1. The van der Waals surface area contributed by atoms with Crippen molar-refractivity contribution in [1.82, 2.24) is 19.7 Å². The van der Waals surface area contributed by atoms with Crippen LogP contribution in [0.15, 0.2) is 0 Å². The molecule has 1 aromatic rings. The van der Waals surface area contributed by atoms with Gasteiger partial charge in [0.25, 0.3) is 5.91 Å². The van der Waals surface area contributed by atoms with Crippen molar-refractivity contribution < 1.29 is 14.6 Å². The second-order valence-electron chi connectivity index (χ2n) is 5.49. The maximum atomic E-state index is 12.6. The van der Waals surface area contributed by atoms with Crippen LogP contribution in [0.3, 0.4) is 0 Å². The summed E-state index contributed by atoms with van der Waals surface area (Å²) in [6.45, 7) is 1.44.